The molecule has 4 N–H and O–H groups in total. The quantitative estimate of drug-likeness (QED) is 0.502. The smallest absolute Gasteiger partial charge is 0.409 e. The van der Waals surface area contributed by atoms with Gasteiger partial charge in [-0.15, -0.1) is 0 Å². The largest absolute Gasteiger partial charge is 0.410 e. The molecule has 4 aromatic rings. The second-order valence-electron chi connectivity index (χ2n) is 6.62. The Kier molecular flexibility index (Phi) is 4.55. The minimum absolute atomic E-state index is 0.353. The van der Waals surface area contributed by atoms with E-state index in [0.29, 0.717) is 11.6 Å². The molecule has 140 valence electrons. The molecule has 0 aliphatic rings. The number of aromatic nitrogens is 2. The highest BCUT2D eigenvalue weighted by Gasteiger charge is 2.12. The maximum Gasteiger partial charge on any atom is 0.409 e. The van der Waals surface area contributed by atoms with Crippen molar-refractivity contribution in [1.82, 2.24) is 9.97 Å². The lowest BCUT2D eigenvalue weighted by Crippen LogP contribution is -2.16. The van der Waals surface area contributed by atoms with Crippen LogP contribution < -0.4 is 10.5 Å². The van der Waals surface area contributed by atoms with E-state index < -0.39 is 12.2 Å². The Morgan fingerprint density at radius 2 is 1.68 bits per heavy atom. The van der Waals surface area contributed by atoms with Crippen molar-refractivity contribution in [2.45, 2.75) is 13.0 Å². The third kappa shape index (κ3) is 3.58. The zero-order valence-corrected chi connectivity index (χ0v) is 15.2. The molecule has 0 aliphatic heterocycles. The minimum atomic E-state index is -0.859. The summed E-state index contributed by atoms with van der Waals surface area (Å²) in [4.78, 5) is 18.7. The van der Waals surface area contributed by atoms with Crippen molar-refractivity contribution in [3.8, 4) is 17.1 Å². The van der Waals surface area contributed by atoms with Crippen LogP contribution in [0.5, 0.6) is 5.75 Å². The molecule has 0 fully saturated rings. The highest BCUT2D eigenvalue weighted by Crippen LogP contribution is 2.27. The predicted molar refractivity (Wildman–Crippen MR) is 107 cm³/mol. The average molecular weight is 373 g/mol. The molecular formula is C22H19N3O3. The second kappa shape index (κ2) is 7.17. The number of primary amides is 1. The summed E-state index contributed by atoms with van der Waals surface area (Å²) in [6, 6.07) is 20.5. The first-order chi connectivity index (χ1) is 13.5. The number of aliphatic hydroxyl groups excluding tert-OH is 1. The molecular weight excluding hydrogens is 354 g/mol. The van der Waals surface area contributed by atoms with E-state index in [-0.39, 0.29) is 0 Å². The molecule has 28 heavy (non-hydrogen) atoms. The van der Waals surface area contributed by atoms with Crippen LogP contribution in [0.3, 0.4) is 0 Å². The number of ether oxygens (including phenoxy) is 1. The van der Waals surface area contributed by atoms with Gasteiger partial charge in [0.15, 0.2) is 0 Å². The molecule has 3 aromatic carbocycles. The lowest BCUT2D eigenvalue weighted by Gasteiger charge is -2.12. The zero-order chi connectivity index (χ0) is 19.7. The molecule has 0 aliphatic carbocycles. The minimum Gasteiger partial charge on any atom is -0.410 e. The van der Waals surface area contributed by atoms with E-state index in [9.17, 15) is 9.90 Å². The Morgan fingerprint density at radius 3 is 2.32 bits per heavy atom. The zero-order valence-electron chi connectivity index (χ0n) is 15.2. The molecule has 1 amide bonds. The lowest BCUT2D eigenvalue weighted by atomic mass is 9.99. The number of fused-ring (bicyclic) bond motifs is 1. The molecule has 6 heteroatoms. The fraction of sp³-hybridized carbons (Fsp3) is 0.0909. The number of aliphatic hydroxyl groups is 1. The fourth-order valence-corrected chi connectivity index (χ4v) is 3.07. The normalized spacial score (nSPS) is 12.1. The molecule has 0 saturated carbocycles. The fourth-order valence-electron chi connectivity index (χ4n) is 3.07. The molecule has 0 saturated heterocycles. The number of imidazole rings is 1. The van der Waals surface area contributed by atoms with Gasteiger partial charge >= 0.3 is 6.09 Å². The van der Waals surface area contributed by atoms with Gasteiger partial charge in [-0.05, 0) is 30.2 Å². The summed E-state index contributed by atoms with van der Waals surface area (Å²) in [5, 5.41) is 10.6. The molecule has 1 unspecified atom stereocenters. The number of hydrogen-bond acceptors (Lipinski definition) is 4. The number of nitrogens with two attached hydrogens (primary N) is 1. The number of aromatic amines is 1. The van der Waals surface area contributed by atoms with E-state index in [4.69, 9.17) is 10.5 Å². The van der Waals surface area contributed by atoms with Crippen LogP contribution in [-0.2, 0) is 0 Å². The van der Waals surface area contributed by atoms with Crippen LogP contribution in [-0.4, -0.2) is 21.2 Å². The van der Waals surface area contributed by atoms with Crippen molar-refractivity contribution in [1.29, 1.82) is 0 Å². The molecule has 6 nitrogen and oxygen atoms in total. The van der Waals surface area contributed by atoms with E-state index >= 15 is 0 Å². The maximum absolute atomic E-state index is 10.9. The second-order valence-corrected chi connectivity index (χ2v) is 6.62. The number of hydrogen-bond donors (Lipinski definition) is 3. The summed E-state index contributed by atoms with van der Waals surface area (Å²) < 4.78 is 4.89. The molecule has 4 rings (SSSR count). The predicted octanol–water partition coefficient (Wildman–Crippen LogP) is 4.08. The Balaban J connectivity index is 1.59. The third-order valence-electron chi connectivity index (χ3n) is 4.56. The standard InChI is InChI=1S/C22H19N3O3/c1-13-2-4-14(5-3-13)20(26)15-6-8-16(9-7-15)21-24-18-11-10-17(28-22(23)27)12-19(18)25-21/h2-12,20,26H,1H3,(H2,23,27)(H,24,25). The number of rotatable bonds is 4. The monoisotopic (exact) mass is 373 g/mol. The van der Waals surface area contributed by atoms with Crippen molar-refractivity contribution in [2.24, 2.45) is 5.73 Å². The van der Waals surface area contributed by atoms with Gasteiger partial charge in [0.2, 0.25) is 0 Å². The van der Waals surface area contributed by atoms with E-state index in [1.54, 1.807) is 18.2 Å². The van der Waals surface area contributed by atoms with Gasteiger partial charge in [-0.1, -0.05) is 54.1 Å². The van der Waals surface area contributed by atoms with Gasteiger partial charge < -0.3 is 20.6 Å². The topological polar surface area (TPSA) is 101 Å². The average Bonchev–Trinajstić information content (AvgIpc) is 3.11. The highest BCUT2D eigenvalue weighted by molar-refractivity contribution is 5.81. The van der Waals surface area contributed by atoms with E-state index in [1.807, 2.05) is 55.5 Å². The lowest BCUT2D eigenvalue weighted by molar-refractivity contribution is 0.211. The first-order valence-electron chi connectivity index (χ1n) is 8.81. The summed E-state index contributed by atoms with van der Waals surface area (Å²) >= 11 is 0. The number of carbonyl (C=O) groups is 1. The van der Waals surface area contributed by atoms with Gasteiger partial charge in [-0.3, -0.25) is 0 Å². The number of nitrogens with zero attached hydrogens (tertiary/aromatic N) is 1. The Morgan fingerprint density at radius 1 is 1.04 bits per heavy atom. The number of aryl methyl sites for hydroxylation is 1. The number of nitrogens with one attached hydrogen (secondary N) is 1. The molecule has 1 atom stereocenters. The van der Waals surface area contributed by atoms with Crippen LogP contribution in [0.25, 0.3) is 22.4 Å². The Hall–Kier alpha value is -3.64. The van der Waals surface area contributed by atoms with Gasteiger partial charge in [-0.25, -0.2) is 9.78 Å². The number of H-pyrrole nitrogens is 1. The van der Waals surface area contributed by atoms with Gasteiger partial charge in [0.05, 0.1) is 11.0 Å². The number of benzene rings is 3. The van der Waals surface area contributed by atoms with Gasteiger partial charge in [0, 0.05) is 11.6 Å². The van der Waals surface area contributed by atoms with E-state index in [0.717, 1.165) is 33.3 Å². The molecule has 0 radical (unpaired) electrons. The molecule has 0 spiro atoms. The SMILES string of the molecule is Cc1ccc(C(O)c2ccc(-c3nc4ccc(OC(N)=O)cc4[nH]3)cc2)cc1. The van der Waals surface area contributed by atoms with Crippen LogP contribution in [0, 0.1) is 6.92 Å². The first-order valence-corrected chi connectivity index (χ1v) is 8.81. The summed E-state index contributed by atoms with van der Waals surface area (Å²) in [6.45, 7) is 2.02. The van der Waals surface area contributed by atoms with Crippen molar-refractivity contribution >= 4 is 17.1 Å². The summed E-state index contributed by atoms with van der Waals surface area (Å²) in [6.07, 6.45) is -1.54. The van der Waals surface area contributed by atoms with Crippen molar-refractivity contribution in [3.05, 3.63) is 83.4 Å². The van der Waals surface area contributed by atoms with Gasteiger partial charge in [-0.2, -0.15) is 0 Å². The summed E-state index contributed by atoms with van der Waals surface area (Å²) in [5.74, 6) is 1.04. The number of carbonyl (C=O) groups excluding carboxylic acids is 1. The van der Waals surface area contributed by atoms with Crippen LogP contribution in [0.2, 0.25) is 0 Å². The first kappa shape index (κ1) is 17.8. The maximum atomic E-state index is 10.9. The summed E-state index contributed by atoms with van der Waals surface area (Å²) in [5.41, 5.74) is 10.2. The van der Waals surface area contributed by atoms with Gasteiger partial charge in [0.1, 0.15) is 17.7 Å². The van der Waals surface area contributed by atoms with E-state index in [2.05, 4.69) is 9.97 Å². The molecule has 1 heterocycles. The Labute approximate surface area is 161 Å². The van der Waals surface area contributed by atoms with Crippen LogP contribution in [0.15, 0.2) is 66.7 Å². The molecule has 1 aromatic heterocycles. The van der Waals surface area contributed by atoms with Crippen molar-refractivity contribution in [3.63, 3.8) is 0 Å². The summed E-state index contributed by atoms with van der Waals surface area (Å²) in [7, 11) is 0. The van der Waals surface area contributed by atoms with Crippen LogP contribution in [0.4, 0.5) is 4.79 Å². The van der Waals surface area contributed by atoms with Gasteiger partial charge in [0.25, 0.3) is 0 Å². The number of amides is 1. The van der Waals surface area contributed by atoms with E-state index in [1.165, 1.54) is 0 Å². The van der Waals surface area contributed by atoms with Crippen molar-refractivity contribution in [2.75, 3.05) is 0 Å². The third-order valence-corrected chi connectivity index (χ3v) is 4.56. The van der Waals surface area contributed by atoms with Crippen LogP contribution >= 0.6 is 0 Å². The molecule has 0 bridgehead atoms. The highest BCUT2D eigenvalue weighted by atomic mass is 16.5. The Bertz CT molecular complexity index is 1130. The van der Waals surface area contributed by atoms with Crippen molar-refractivity contribution < 1.29 is 14.6 Å². The van der Waals surface area contributed by atoms with Crippen LogP contribution in [0.1, 0.15) is 22.8 Å².